The number of thioether (sulfide) groups is 1. The molecule has 3 rings (SSSR count). The molecule has 3 amide bonds. The summed E-state index contributed by atoms with van der Waals surface area (Å²) >= 11 is 1.29. The van der Waals surface area contributed by atoms with Crippen molar-refractivity contribution in [3.8, 4) is 0 Å². The van der Waals surface area contributed by atoms with Crippen molar-refractivity contribution in [1.82, 2.24) is 4.90 Å². The van der Waals surface area contributed by atoms with Gasteiger partial charge in [0.1, 0.15) is 0 Å². The number of nitrogens with two attached hydrogens (primary N) is 1. The Kier molecular flexibility index (Phi) is 8.91. The van der Waals surface area contributed by atoms with E-state index in [2.05, 4.69) is 15.5 Å². The predicted molar refractivity (Wildman–Crippen MR) is 134 cm³/mol. The van der Waals surface area contributed by atoms with Crippen molar-refractivity contribution in [2.24, 2.45) is 11.7 Å². The van der Waals surface area contributed by atoms with Crippen LogP contribution in [0.15, 0.2) is 48.5 Å². The van der Waals surface area contributed by atoms with Crippen LogP contribution in [0.1, 0.15) is 30.9 Å². The number of aryl methyl sites for hydroxylation is 1. The van der Waals surface area contributed by atoms with Gasteiger partial charge in [0, 0.05) is 24.5 Å². The highest BCUT2D eigenvalue weighted by atomic mass is 32.2. The first kappa shape index (κ1) is 24.8. The highest BCUT2D eigenvalue weighted by molar-refractivity contribution is 8.01. The second-order valence-corrected chi connectivity index (χ2v) is 9.86. The van der Waals surface area contributed by atoms with Gasteiger partial charge in [0.2, 0.25) is 17.7 Å². The van der Waals surface area contributed by atoms with E-state index in [-0.39, 0.29) is 34.6 Å². The van der Waals surface area contributed by atoms with Crippen LogP contribution in [0.5, 0.6) is 0 Å². The Bertz CT molecular complexity index is 963. The molecule has 1 saturated heterocycles. The predicted octanol–water partition coefficient (Wildman–Crippen LogP) is 3.39. The number of hydrogen-bond acceptors (Lipinski definition) is 5. The molecule has 0 bridgehead atoms. The molecule has 176 valence electrons. The fourth-order valence-corrected chi connectivity index (χ4v) is 4.42. The largest absolute Gasteiger partial charge is 0.369 e. The van der Waals surface area contributed by atoms with E-state index in [1.807, 2.05) is 55.5 Å². The molecule has 8 heteroatoms. The Labute approximate surface area is 199 Å². The third-order valence-electron chi connectivity index (χ3n) is 5.70. The Morgan fingerprint density at radius 2 is 1.70 bits per heavy atom. The van der Waals surface area contributed by atoms with Crippen LogP contribution in [0, 0.1) is 12.8 Å². The van der Waals surface area contributed by atoms with Crippen LogP contribution in [0.3, 0.4) is 0 Å². The first-order valence-corrected chi connectivity index (χ1v) is 12.2. The average molecular weight is 469 g/mol. The highest BCUT2D eigenvalue weighted by Gasteiger charge is 2.23. The molecule has 33 heavy (non-hydrogen) atoms. The molecule has 4 N–H and O–H groups in total. The number of carbonyl (C=O) groups excluding carboxylic acids is 3. The van der Waals surface area contributed by atoms with E-state index in [0.717, 1.165) is 42.7 Å². The maximum Gasteiger partial charge on any atom is 0.237 e. The van der Waals surface area contributed by atoms with Crippen molar-refractivity contribution in [1.29, 1.82) is 0 Å². The summed E-state index contributed by atoms with van der Waals surface area (Å²) in [5, 5.41) is 5.38. The molecule has 2 unspecified atom stereocenters. The number of nitrogens with one attached hydrogen (secondary N) is 2. The summed E-state index contributed by atoms with van der Waals surface area (Å²) in [7, 11) is 0. The first-order valence-electron chi connectivity index (χ1n) is 11.2. The van der Waals surface area contributed by atoms with Crippen molar-refractivity contribution in [2.75, 3.05) is 29.5 Å². The zero-order valence-electron chi connectivity index (χ0n) is 19.2. The van der Waals surface area contributed by atoms with Crippen LogP contribution in [0.25, 0.3) is 0 Å². The lowest BCUT2D eigenvalue weighted by Crippen LogP contribution is -2.40. The lowest BCUT2D eigenvalue weighted by atomic mass is 9.97. The molecule has 2 aromatic carbocycles. The Morgan fingerprint density at radius 3 is 2.36 bits per heavy atom. The SMILES string of the molecule is Cc1ccc(NC(=O)CSC(C)C(=O)Nc2ccc(CN3CCCC(C(N)=O)C3)cc2)cc1. The van der Waals surface area contributed by atoms with Crippen LogP contribution in [-0.4, -0.2) is 46.7 Å². The number of anilines is 2. The summed E-state index contributed by atoms with van der Waals surface area (Å²) in [4.78, 5) is 38.4. The molecule has 0 aliphatic carbocycles. The molecule has 2 aromatic rings. The van der Waals surface area contributed by atoms with Crippen molar-refractivity contribution in [3.05, 3.63) is 59.7 Å². The number of carbonyl (C=O) groups is 3. The molecule has 0 radical (unpaired) electrons. The zero-order chi connectivity index (χ0) is 23.8. The van der Waals surface area contributed by atoms with E-state index in [1.54, 1.807) is 6.92 Å². The molecule has 7 nitrogen and oxygen atoms in total. The van der Waals surface area contributed by atoms with Crippen molar-refractivity contribution in [2.45, 2.75) is 38.5 Å². The second kappa shape index (κ2) is 11.9. The second-order valence-electron chi connectivity index (χ2n) is 8.53. The van der Waals surface area contributed by atoms with Gasteiger partial charge in [-0.25, -0.2) is 0 Å². The molecule has 0 spiro atoms. The fourth-order valence-electron chi connectivity index (χ4n) is 3.74. The van der Waals surface area contributed by atoms with Gasteiger partial charge in [0.25, 0.3) is 0 Å². The van der Waals surface area contributed by atoms with Crippen LogP contribution in [-0.2, 0) is 20.9 Å². The normalized spacial score (nSPS) is 17.2. The third-order valence-corrected chi connectivity index (χ3v) is 6.85. The van der Waals surface area contributed by atoms with E-state index in [9.17, 15) is 14.4 Å². The Hall–Kier alpha value is -2.84. The number of amides is 3. The molecular weight excluding hydrogens is 436 g/mol. The first-order chi connectivity index (χ1) is 15.8. The summed E-state index contributed by atoms with van der Waals surface area (Å²) in [5.41, 5.74) is 9.17. The number of piperidine rings is 1. The standard InChI is InChI=1S/C25H32N4O3S/c1-17-5-9-21(10-6-17)27-23(30)16-33-18(2)25(32)28-22-11-7-19(8-12-22)14-29-13-3-4-20(15-29)24(26)31/h5-12,18,20H,3-4,13-16H2,1-2H3,(H2,26,31)(H,27,30)(H,28,32). The fraction of sp³-hybridized carbons (Fsp3) is 0.400. The average Bonchev–Trinajstić information content (AvgIpc) is 2.80. The smallest absolute Gasteiger partial charge is 0.237 e. The molecule has 1 aliphatic heterocycles. The lowest BCUT2D eigenvalue weighted by Gasteiger charge is -2.31. The number of benzene rings is 2. The van der Waals surface area contributed by atoms with Gasteiger partial charge in [-0.2, -0.15) is 0 Å². The topological polar surface area (TPSA) is 105 Å². The maximum atomic E-state index is 12.5. The third kappa shape index (κ3) is 7.91. The summed E-state index contributed by atoms with van der Waals surface area (Å²) < 4.78 is 0. The van der Waals surface area contributed by atoms with Gasteiger partial charge in [0.05, 0.1) is 16.9 Å². The van der Waals surface area contributed by atoms with E-state index >= 15 is 0 Å². The van der Waals surface area contributed by atoms with Gasteiger partial charge < -0.3 is 16.4 Å². The molecule has 1 aliphatic rings. The van der Waals surface area contributed by atoms with Crippen molar-refractivity contribution >= 4 is 40.9 Å². The van der Waals surface area contributed by atoms with Crippen LogP contribution in [0.4, 0.5) is 11.4 Å². The summed E-state index contributed by atoms with van der Waals surface area (Å²) in [6.07, 6.45) is 1.83. The number of likely N-dealkylation sites (tertiary alicyclic amines) is 1. The Balaban J connectivity index is 1.42. The maximum absolute atomic E-state index is 12.5. The van der Waals surface area contributed by atoms with Crippen LogP contribution >= 0.6 is 11.8 Å². The minimum Gasteiger partial charge on any atom is -0.369 e. The molecule has 0 aromatic heterocycles. The molecule has 1 heterocycles. The lowest BCUT2D eigenvalue weighted by molar-refractivity contribution is -0.123. The number of nitrogens with zero attached hydrogens (tertiary/aromatic N) is 1. The number of rotatable bonds is 9. The van der Waals surface area contributed by atoms with Crippen LogP contribution in [0.2, 0.25) is 0 Å². The number of primary amides is 1. The molecule has 0 saturated carbocycles. The minimum absolute atomic E-state index is 0.0738. The van der Waals surface area contributed by atoms with Crippen molar-refractivity contribution in [3.63, 3.8) is 0 Å². The van der Waals surface area contributed by atoms with E-state index in [0.29, 0.717) is 12.2 Å². The summed E-state index contributed by atoms with van der Waals surface area (Å²) in [6, 6.07) is 15.3. The van der Waals surface area contributed by atoms with Gasteiger partial charge in [-0.3, -0.25) is 19.3 Å². The molecule has 1 fully saturated rings. The number of hydrogen-bond donors (Lipinski definition) is 3. The zero-order valence-corrected chi connectivity index (χ0v) is 20.0. The molecule has 2 atom stereocenters. The van der Waals surface area contributed by atoms with E-state index in [1.165, 1.54) is 11.8 Å². The Morgan fingerprint density at radius 1 is 1.06 bits per heavy atom. The quantitative estimate of drug-likeness (QED) is 0.523. The van der Waals surface area contributed by atoms with Gasteiger partial charge in [-0.05, 0) is 63.1 Å². The summed E-state index contributed by atoms with van der Waals surface area (Å²) in [5.74, 6) is -0.378. The van der Waals surface area contributed by atoms with Crippen LogP contribution < -0.4 is 16.4 Å². The van der Waals surface area contributed by atoms with Gasteiger partial charge >= 0.3 is 0 Å². The van der Waals surface area contributed by atoms with E-state index in [4.69, 9.17) is 5.73 Å². The van der Waals surface area contributed by atoms with Gasteiger partial charge in [0.15, 0.2) is 0 Å². The molecular formula is C25H32N4O3S. The summed E-state index contributed by atoms with van der Waals surface area (Å²) in [6.45, 7) is 6.18. The minimum atomic E-state index is -0.368. The monoisotopic (exact) mass is 468 g/mol. The highest BCUT2D eigenvalue weighted by Crippen LogP contribution is 2.20. The van der Waals surface area contributed by atoms with E-state index < -0.39 is 0 Å². The van der Waals surface area contributed by atoms with Gasteiger partial charge in [-0.15, -0.1) is 11.8 Å². The van der Waals surface area contributed by atoms with Gasteiger partial charge in [-0.1, -0.05) is 29.8 Å². The van der Waals surface area contributed by atoms with Crippen molar-refractivity contribution < 1.29 is 14.4 Å².